The molecule has 0 aliphatic rings. The molecule has 0 bridgehead atoms. The molecular weight excluding hydrogens is 186 g/mol. The normalized spacial score (nSPS) is 14.3. The number of methoxy groups -OCH3 is 1. The van der Waals surface area contributed by atoms with E-state index >= 15 is 0 Å². The first-order chi connectivity index (χ1) is 4.93. The highest BCUT2D eigenvalue weighted by molar-refractivity contribution is 7.81. The third-order valence-corrected chi connectivity index (χ3v) is 1.73. The zero-order valence-electron chi connectivity index (χ0n) is 6.72. The van der Waals surface area contributed by atoms with Gasteiger partial charge < -0.3 is 4.74 Å². The van der Waals surface area contributed by atoms with Gasteiger partial charge >= 0.3 is 5.97 Å². The van der Waals surface area contributed by atoms with Crippen molar-refractivity contribution in [2.45, 2.75) is 24.6 Å². The number of carbonyl (C=O) groups is 1. The Morgan fingerprint density at radius 3 is 2.27 bits per heavy atom. The zero-order valence-corrected chi connectivity index (χ0v) is 8.37. The molecule has 0 aliphatic heterocycles. The van der Waals surface area contributed by atoms with Gasteiger partial charge in [0.05, 0.1) is 7.11 Å². The van der Waals surface area contributed by atoms with E-state index in [0.717, 1.165) is 0 Å². The van der Waals surface area contributed by atoms with E-state index in [1.165, 1.54) is 7.11 Å². The topological polar surface area (TPSA) is 38.3 Å². The maximum absolute atomic E-state index is 11.0. The summed E-state index contributed by atoms with van der Waals surface area (Å²) < 4.78 is 3.96. The fourth-order valence-corrected chi connectivity index (χ4v) is 1.19. The molecule has 0 fully saturated rings. The number of carbonyl (C=O) groups excluding carboxylic acids is 1. The molecular formula is C6H12ClNO2S. The van der Waals surface area contributed by atoms with Crippen LogP contribution in [0, 0.1) is 0 Å². The van der Waals surface area contributed by atoms with Crippen LogP contribution in [0.2, 0.25) is 0 Å². The molecule has 3 nitrogen and oxygen atoms in total. The van der Waals surface area contributed by atoms with Crippen LogP contribution in [0.1, 0.15) is 13.8 Å². The Balaban J connectivity index is 4.29. The Hall–Kier alpha value is 0.0700. The Bertz CT molecular complexity index is 146. The summed E-state index contributed by atoms with van der Waals surface area (Å²) in [5.41, 5.74) is 0. The van der Waals surface area contributed by atoms with Gasteiger partial charge in [-0.05, 0) is 25.6 Å². The minimum atomic E-state index is -0.600. The SMILES string of the molecule is COC(=O)[C@H](NCl)C(C)(C)S. The summed E-state index contributed by atoms with van der Waals surface area (Å²) >= 11 is 9.50. The van der Waals surface area contributed by atoms with E-state index in [0.29, 0.717) is 0 Å². The molecule has 0 aromatic rings. The molecule has 0 rings (SSSR count). The molecule has 5 heteroatoms. The summed E-state index contributed by atoms with van der Waals surface area (Å²) in [6.07, 6.45) is 0. The third-order valence-electron chi connectivity index (χ3n) is 1.25. The van der Waals surface area contributed by atoms with Crippen molar-refractivity contribution < 1.29 is 9.53 Å². The molecule has 0 amide bonds. The van der Waals surface area contributed by atoms with Gasteiger partial charge in [-0.3, -0.25) is 4.79 Å². The zero-order chi connectivity index (χ0) is 9.07. The largest absolute Gasteiger partial charge is 0.468 e. The number of thiol groups is 1. The lowest BCUT2D eigenvalue weighted by Gasteiger charge is -2.25. The van der Waals surface area contributed by atoms with Gasteiger partial charge in [-0.15, -0.1) is 0 Å². The molecule has 0 unspecified atom stereocenters. The summed E-state index contributed by atoms with van der Waals surface area (Å²) in [6, 6.07) is -0.600. The van der Waals surface area contributed by atoms with E-state index in [4.69, 9.17) is 11.8 Å². The summed E-state index contributed by atoms with van der Waals surface area (Å²) in [5, 5.41) is 0. The maximum Gasteiger partial charge on any atom is 0.325 e. The van der Waals surface area contributed by atoms with Crippen LogP contribution in [0.5, 0.6) is 0 Å². The Morgan fingerprint density at radius 2 is 2.18 bits per heavy atom. The highest BCUT2D eigenvalue weighted by Gasteiger charge is 2.32. The molecule has 0 heterocycles. The summed E-state index contributed by atoms with van der Waals surface area (Å²) in [7, 11) is 1.31. The summed E-state index contributed by atoms with van der Waals surface area (Å²) in [4.78, 5) is 13.3. The predicted molar refractivity (Wildman–Crippen MR) is 47.9 cm³/mol. The number of nitrogens with one attached hydrogen (secondary N) is 1. The van der Waals surface area contributed by atoms with Crippen LogP contribution in [-0.4, -0.2) is 23.9 Å². The van der Waals surface area contributed by atoms with E-state index in [2.05, 4.69) is 22.2 Å². The van der Waals surface area contributed by atoms with E-state index in [1.54, 1.807) is 13.8 Å². The van der Waals surface area contributed by atoms with Gasteiger partial charge in [0.25, 0.3) is 0 Å². The number of hydrogen-bond donors (Lipinski definition) is 2. The minimum Gasteiger partial charge on any atom is -0.468 e. The van der Waals surface area contributed by atoms with E-state index in [-0.39, 0.29) is 0 Å². The molecule has 0 spiro atoms. The lowest BCUT2D eigenvalue weighted by atomic mass is 10.1. The van der Waals surface area contributed by atoms with Crippen LogP contribution in [0.15, 0.2) is 0 Å². The first kappa shape index (κ1) is 11.1. The molecule has 66 valence electrons. The average molecular weight is 198 g/mol. The number of halogens is 1. The number of rotatable bonds is 3. The molecule has 0 aromatic heterocycles. The van der Waals surface area contributed by atoms with Crippen LogP contribution in [0.4, 0.5) is 0 Å². The van der Waals surface area contributed by atoms with Gasteiger partial charge in [0.1, 0.15) is 6.04 Å². The van der Waals surface area contributed by atoms with Gasteiger partial charge in [0.2, 0.25) is 0 Å². The van der Waals surface area contributed by atoms with Gasteiger partial charge in [0.15, 0.2) is 0 Å². The van der Waals surface area contributed by atoms with Crippen molar-refractivity contribution in [1.29, 1.82) is 0 Å². The van der Waals surface area contributed by atoms with Crippen LogP contribution in [-0.2, 0) is 9.53 Å². The second-order valence-electron chi connectivity index (χ2n) is 2.72. The molecule has 0 saturated carbocycles. The van der Waals surface area contributed by atoms with Gasteiger partial charge in [-0.1, -0.05) is 0 Å². The molecule has 1 atom stereocenters. The first-order valence-electron chi connectivity index (χ1n) is 3.10. The predicted octanol–water partition coefficient (Wildman–Crippen LogP) is 0.980. The molecule has 1 N–H and O–H groups in total. The second-order valence-corrected chi connectivity index (χ2v) is 4.09. The molecule has 0 aliphatic carbocycles. The minimum absolute atomic E-state index is 0.417. The van der Waals surface area contributed by atoms with Crippen molar-refractivity contribution in [3.63, 3.8) is 0 Å². The summed E-state index contributed by atoms with van der Waals surface area (Å²) in [5.74, 6) is -0.417. The first-order valence-corrected chi connectivity index (χ1v) is 3.92. The van der Waals surface area contributed by atoms with Gasteiger partial charge in [-0.2, -0.15) is 12.6 Å². The maximum atomic E-state index is 11.0. The highest BCUT2D eigenvalue weighted by Crippen LogP contribution is 2.18. The van der Waals surface area contributed by atoms with E-state index in [1.807, 2.05) is 0 Å². The second kappa shape index (κ2) is 4.18. The molecule has 11 heavy (non-hydrogen) atoms. The Morgan fingerprint density at radius 1 is 1.73 bits per heavy atom. The van der Waals surface area contributed by atoms with Crippen molar-refractivity contribution >= 4 is 30.4 Å². The van der Waals surface area contributed by atoms with Crippen molar-refractivity contribution in [1.82, 2.24) is 4.84 Å². The van der Waals surface area contributed by atoms with Crippen molar-refractivity contribution in [2.75, 3.05) is 7.11 Å². The highest BCUT2D eigenvalue weighted by atomic mass is 35.5. The van der Waals surface area contributed by atoms with Crippen molar-refractivity contribution in [2.24, 2.45) is 0 Å². The average Bonchev–Trinajstić information content (AvgIpc) is 1.86. The Kier molecular flexibility index (Phi) is 4.21. The van der Waals surface area contributed by atoms with Crippen molar-refractivity contribution in [3.05, 3.63) is 0 Å². The van der Waals surface area contributed by atoms with Crippen LogP contribution in [0.25, 0.3) is 0 Å². The Labute approximate surface area is 77.0 Å². The van der Waals surface area contributed by atoms with Gasteiger partial charge in [0, 0.05) is 4.75 Å². The molecule has 0 saturated heterocycles. The number of esters is 1. The summed E-state index contributed by atoms with van der Waals surface area (Å²) in [6.45, 7) is 3.54. The smallest absolute Gasteiger partial charge is 0.325 e. The quantitative estimate of drug-likeness (QED) is 0.403. The third kappa shape index (κ3) is 3.31. The van der Waals surface area contributed by atoms with Crippen molar-refractivity contribution in [3.8, 4) is 0 Å². The number of ether oxygens (including phenoxy) is 1. The monoisotopic (exact) mass is 197 g/mol. The molecule has 0 radical (unpaired) electrons. The lowest BCUT2D eigenvalue weighted by Crippen LogP contribution is -2.46. The molecule has 0 aromatic carbocycles. The van der Waals surface area contributed by atoms with Crippen LogP contribution >= 0.6 is 24.4 Å². The lowest BCUT2D eigenvalue weighted by molar-refractivity contribution is -0.143. The van der Waals surface area contributed by atoms with Crippen LogP contribution < -0.4 is 4.84 Å². The fraction of sp³-hybridized carbons (Fsp3) is 0.833. The number of hydrogen-bond acceptors (Lipinski definition) is 4. The van der Waals surface area contributed by atoms with E-state index in [9.17, 15) is 4.79 Å². The fourth-order valence-electron chi connectivity index (χ4n) is 0.584. The van der Waals surface area contributed by atoms with Gasteiger partial charge in [-0.25, -0.2) is 4.84 Å². The standard InChI is InChI=1S/C6H12ClNO2S/c1-6(2,11)4(8-7)5(9)10-3/h4,8,11H,1-3H3/t4-/m0/s1. The van der Waals surface area contributed by atoms with Crippen LogP contribution in [0.3, 0.4) is 0 Å². The van der Waals surface area contributed by atoms with E-state index < -0.39 is 16.8 Å².